The van der Waals surface area contributed by atoms with Crippen molar-refractivity contribution in [3.8, 4) is 17.8 Å². The first-order valence-electron chi connectivity index (χ1n) is 8.87. The molecule has 0 spiro atoms. The Kier molecular flexibility index (Phi) is 5.69. The van der Waals surface area contributed by atoms with Crippen LogP contribution in [0.1, 0.15) is 28.2 Å². The van der Waals surface area contributed by atoms with Crippen LogP contribution in [0.15, 0.2) is 36.4 Å². The highest BCUT2D eigenvalue weighted by Gasteiger charge is 2.19. The highest BCUT2D eigenvalue weighted by Crippen LogP contribution is 2.22. The van der Waals surface area contributed by atoms with Crippen LogP contribution in [0.4, 0.5) is 5.82 Å². The molecule has 2 heterocycles. The van der Waals surface area contributed by atoms with Gasteiger partial charge in [0.25, 0.3) is 5.95 Å². The number of methoxy groups -OCH3 is 1. The van der Waals surface area contributed by atoms with Gasteiger partial charge in [-0.3, -0.25) is 4.79 Å². The largest absolute Gasteiger partial charge is 0.496 e. The molecule has 0 saturated carbocycles. The Morgan fingerprint density at radius 1 is 1.21 bits per heavy atom. The molecule has 0 unspecified atom stereocenters. The first-order valence-corrected chi connectivity index (χ1v) is 8.87. The number of carbonyl (C=O) groups is 1. The lowest BCUT2D eigenvalue weighted by atomic mass is 10.2. The minimum atomic E-state index is -0.419. The fraction of sp³-hybridized carbons (Fsp3) is 0.190. The molecule has 1 amide bonds. The number of nitriles is 1. The summed E-state index contributed by atoms with van der Waals surface area (Å²) >= 11 is 0. The molecule has 0 saturated heterocycles. The van der Waals surface area contributed by atoms with Crippen LogP contribution in [0.2, 0.25) is 0 Å². The van der Waals surface area contributed by atoms with Crippen LogP contribution < -0.4 is 10.1 Å². The lowest BCUT2D eigenvalue weighted by molar-refractivity contribution is -0.111. The second kappa shape index (κ2) is 8.35. The summed E-state index contributed by atoms with van der Waals surface area (Å²) in [4.78, 5) is 21.3. The molecule has 8 heteroatoms. The number of nitrogens with zero attached hydrogens (tertiary/aromatic N) is 5. The second-order valence-corrected chi connectivity index (χ2v) is 6.35. The lowest BCUT2D eigenvalue weighted by Gasteiger charge is -2.08. The number of anilines is 1. The minimum absolute atomic E-state index is 0.227. The standard InChI is InChI=1S/C21H20N6O2/c1-13-11-14(2)24-21(23-13)27-20(17(12-22)15(3)26-27)25-19(28)10-9-16-7-5-6-8-18(16)29-4/h5-11H,1-4H3,(H,25,28)/b10-9+. The van der Waals surface area contributed by atoms with Crippen molar-refractivity contribution in [3.63, 3.8) is 0 Å². The van der Waals surface area contributed by atoms with E-state index in [2.05, 4.69) is 26.5 Å². The predicted molar refractivity (Wildman–Crippen MR) is 109 cm³/mol. The fourth-order valence-corrected chi connectivity index (χ4v) is 2.85. The first-order chi connectivity index (χ1) is 13.9. The van der Waals surface area contributed by atoms with Gasteiger partial charge in [0.2, 0.25) is 5.91 Å². The number of aryl methyl sites for hydroxylation is 3. The fourth-order valence-electron chi connectivity index (χ4n) is 2.85. The molecule has 8 nitrogen and oxygen atoms in total. The molecular formula is C21H20N6O2. The lowest BCUT2D eigenvalue weighted by Crippen LogP contribution is -2.15. The molecule has 1 aromatic carbocycles. The Labute approximate surface area is 168 Å². The van der Waals surface area contributed by atoms with Gasteiger partial charge < -0.3 is 10.1 Å². The van der Waals surface area contributed by atoms with Gasteiger partial charge in [-0.1, -0.05) is 18.2 Å². The van der Waals surface area contributed by atoms with Crippen molar-refractivity contribution < 1.29 is 9.53 Å². The summed E-state index contributed by atoms with van der Waals surface area (Å²) in [7, 11) is 1.57. The first kappa shape index (κ1) is 19.8. The Hall–Kier alpha value is -3.99. The normalized spacial score (nSPS) is 10.7. The number of rotatable bonds is 5. The van der Waals surface area contributed by atoms with Crippen molar-refractivity contribution in [2.24, 2.45) is 0 Å². The van der Waals surface area contributed by atoms with E-state index in [-0.39, 0.29) is 17.3 Å². The second-order valence-electron chi connectivity index (χ2n) is 6.35. The molecule has 1 N–H and O–H groups in total. The Balaban J connectivity index is 1.95. The molecule has 2 aromatic heterocycles. The van der Waals surface area contributed by atoms with E-state index in [1.165, 1.54) is 10.8 Å². The summed E-state index contributed by atoms with van der Waals surface area (Å²) in [5, 5.41) is 16.6. The molecule has 0 fully saturated rings. The van der Waals surface area contributed by atoms with Crippen molar-refractivity contribution in [2.75, 3.05) is 12.4 Å². The zero-order valence-corrected chi connectivity index (χ0v) is 16.6. The van der Waals surface area contributed by atoms with Crippen molar-refractivity contribution in [2.45, 2.75) is 20.8 Å². The summed E-state index contributed by atoms with van der Waals surface area (Å²) in [5.74, 6) is 0.748. The summed E-state index contributed by atoms with van der Waals surface area (Å²) in [6.07, 6.45) is 3.01. The number of para-hydroxylation sites is 1. The maximum absolute atomic E-state index is 12.6. The van der Waals surface area contributed by atoms with Crippen molar-refractivity contribution in [1.82, 2.24) is 19.7 Å². The van der Waals surface area contributed by atoms with Crippen LogP contribution >= 0.6 is 0 Å². The number of hydrogen-bond acceptors (Lipinski definition) is 6. The van der Waals surface area contributed by atoms with E-state index in [4.69, 9.17) is 4.74 Å². The number of nitrogens with one attached hydrogen (secondary N) is 1. The molecule has 0 aliphatic heterocycles. The van der Waals surface area contributed by atoms with E-state index in [1.54, 1.807) is 26.2 Å². The van der Waals surface area contributed by atoms with E-state index in [1.807, 2.05) is 38.1 Å². The third-order valence-corrected chi connectivity index (χ3v) is 4.13. The SMILES string of the molecule is COc1ccccc1/C=C/C(=O)Nc1c(C#N)c(C)nn1-c1nc(C)cc(C)n1. The molecule has 0 aliphatic rings. The molecule has 3 aromatic rings. The van der Waals surface area contributed by atoms with Crippen molar-refractivity contribution in [3.05, 3.63) is 64.6 Å². The van der Waals surface area contributed by atoms with Gasteiger partial charge in [-0.2, -0.15) is 15.0 Å². The molecule has 3 rings (SSSR count). The number of hydrogen-bond donors (Lipinski definition) is 1. The van der Waals surface area contributed by atoms with Gasteiger partial charge in [0.15, 0.2) is 5.82 Å². The summed E-state index contributed by atoms with van der Waals surface area (Å²) in [6.45, 7) is 5.37. The third kappa shape index (κ3) is 4.30. The summed E-state index contributed by atoms with van der Waals surface area (Å²) in [6, 6.07) is 11.3. The van der Waals surface area contributed by atoms with Gasteiger partial charge in [-0.05, 0) is 39.0 Å². The van der Waals surface area contributed by atoms with Crippen LogP contribution in [0, 0.1) is 32.1 Å². The van der Waals surface area contributed by atoms with Gasteiger partial charge in [0.1, 0.15) is 17.4 Å². The Morgan fingerprint density at radius 2 is 1.90 bits per heavy atom. The van der Waals surface area contributed by atoms with E-state index in [9.17, 15) is 10.1 Å². The number of ether oxygens (including phenoxy) is 1. The van der Waals surface area contributed by atoms with E-state index in [0.29, 0.717) is 11.4 Å². The Morgan fingerprint density at radius 3 is 2.55 bits per heavy atom. The average molecular weight is 388 g/mol. The molecule has 0 radical (unpaired) electrons. The number of benzene rings is 1. The Bertz CT molecular complexity index is 1120. The van der Waals surface area contributed by atoms with E-state index < -0.39 is 5.91 Å². The highest BCUT2D eigenvalue weighted by atomic mass is 16.5. The van der Waals surface area contributed by atoms with Crippen molar-refractivity contribution >= 4 is 17.8 Å². The predicted octanol–water partition coefficient (Wildman–Crippen LogP) is 3.12. The monoisotopic (exact) mass is 388 g/mol. The molecule has 146 valence electrons. The van der Waals surface area contributed by atoms with Crippen molar-refractivity contribution in [1.29, 1.82) is 5.26 Å². The smallest absolute Gasteiger partial charge is 0.252 e. The van der Waals surface area contributed by atoms with Gasteiger partial charge in [-0.15, -0.1) is 0 Å². The zero-order valence-electron chi connectivity index (χ0n) is 16.6. The van der Waals surface area contributed by atoms with E-state index >= 15 is 0 Å². The topological polar surface area (TPSA) is 106 Å². The van der Waals surface area contributed by atoms with Gasteiger partial charge in [-0.25, -0.2) is 9.97 Å². The van der Waals surface area contributed by atoms with Crippen LogP contribution in [0.3, 0.4) is 0 Å². The molecule has 29 heavy (non-hydrogen) atoms. The highest BCUT2D eigenvalue weighted by molar-refractivity contribution is 6.02. The maximum Gasteiger partial charge on any atom is 0.252 e. The van der Waals surface area contributed by atoms with Crippen LogP contribution in [0.5, 0.6) is 5.75 Å². The quantitative estimate of drug-likeness (QED) is 0.673. The summed E-state index contributed by atoms with van der Waals surface area (Å²) < 4.78 is 6.66. The number of amides is 1. The van der Waals surface area contributed by atoms with Gasteiger partial charge in [0, 0.05) is 23.0 Å². The van der Waals surface area contributed by atoms with E-state index in [0.717, 1.165) is 17.0 Å². The zero-order chi connectivity index (χ0) is 21.0. The molecule has 0 atom stereocenters. The minimum Gasteiger partial charge on any atom is -0.496 e. The average Bonchev–Trinajstić information content (AvgIpc) is 3.00. The van der Waals surface area contributed by atoms with Gasteiger partial charge >= 0.3 is 0 Å². The molecule has 0 aliphatic carbocycles. The molecular weight excluding hydrogens is 368 g/mol. The molecule has 0 bridgehead atoms. The summed E-state index contributed by atoms with van der Waals surface area (Å²) in [5.41, 5.74) is 3.00. The van der Waals surface area contributed by atoms with Gasteiger partial charge in [0.05, 0.1) is 12.8 Å². The maximum atomic E-state index is 12.6. The van der Waals surface area contributed by atoms with Crippen LogP contribution in [-0.4, -0.2) is 32.8 Å². The number of carbonyl (C=O) groups excluding carboxylic acids is 1. The third-order valence-electron chi connectivity index (χ3n) is 4.13. The number of aromatic nitrogens is 4. The van der Waals surface area contributed by atoms with Crippen LogP contribution in [0.25, 0.3) is 12.0 Å². The van der Waals surface area contributed by atoms with Crippen LogP contribution in [-0.2, 0) is 4.79 Å².